The Morgan fingerprint density at radius 3 is 1.94 bits per heavy atom. The highest BCUT2D eigenvalue weighted by Gasteiger charge is 2.24. The van der Waals surface area contributed by atoms with Crippen molar-refractivity contribution in [2.45, 2.75) is 10.6 Å². The van der Waals surface area contributed by atoms with E-state index < -0.39 is 37.6 Å². The second-order valence-corrected chi connectivity index (χ2v) is 6.83. The van der Waals surface area contributed by atoms with Crippen LogP contribution >= 0.6 is 11.8 Å². The third-order valence-corrected chi connectivity index (χ3v) is 4.72. The maximum atomic E-state index is 11.1. The van der Waals surface area contributed by atoms with Gasteiger partial charge in [0.25, 0.3) is 17.1 Å². The Morgan fingerprint density at radius 1 is 0.871 bits per heavy atom. The molecule has 160 valence electrons. The Labute approximate surface area is 178 Å². The van der Waals surface area contributed by atoms with E-state index in [-0.39, 0.29) is 0 Å². The summed E-state index contributed by atoms with van der Waals surface area (Å²) in [7, 11) is 0. The number of aromatic nitrogens is 1. The minimum Gasteiger partial charge on any atom is -0.863 e. The zero-order chi connectivity index (χ0) is 23.0. The fourth-order valence-corrected chi connectivity index (χ4v) is 3.09. The molecule has 31 heavy (non-hydrogen) atoms. The zero-order valence-electron chi connectivity index (χ0n) is 15.6. The number of pyridine rings is 1. The molecule has 1 N–H and O–H groups in total. The van der Waals surface area contributed by atoms with Crippen LogP contribution in [0.5, 0.6) is 5.75 Å². The first-order chi connectivity index (χ1) is 14.7. The molecular weight excluding hydrogens is 432 g/mol. The van der Waals surface area contributed by atoms with Crippen molar-refractivity contribution in [2.24, 2.45) is 0 Å². The van der Waals surface area contributed by atoms with Gasteiger partial charge in [0.2, 0.25) is 12.4 Å². The lowest BCUT2D eigenvalue weighted by Crippen LogP contribution is -2.28. The molecule has 1 aromatic heterocycles. The molecule has 0 saturated carbocycles. The van der Waals surface area contributed by atoms with Crippen molar-refractivity contribution in [1.82, 2.24) is 0 Å². The molecule has 0 unspecified atom stereocenters. The van der Waals surface area contributed by atoms with E-state index in [0.29, 0.717) is 12.1 Å². The fourth-order valence-electron chi connectivity index (χ4n) is 2.24. The average molecular weight is 446 g/mol. The SMILES string of the molecule is O=[N+]([O-])c1cc([N+](=O)[O-])c([O-])c([N+](=O)[O-])c1.O[n+]1cccc(CSc2ccccc2)c1. The van der Waals surface area contributed by atoms with Crippen LogP contribution in [0.15, 0.2) is 71.9 Å². The van der Waals surface area contributed by atoms with Crippen LogP contribution in [0, 0.1) is 30.3 Å². The van der Waals surface area contributed by atoms with Crippen molar-refractivity contribution in [1.29, 1.82) is 0 Å². The first-order valence-corrected chi connectivity index (χ1v) is 9.33. The van der Waals surface area contributed by atoms with E-state index >= 15 is 0 Å². The largest absolute Gasteiger partial charge is 0.863 e. The number of benzene rings is 2. The number of nitrogens with zero attached hydrogens (tertiary/aromatic N) is 4. The Morgan fingerprint density at radius 2 is 1.45 bits per heavy atom. The molecule has 0 radical (unpaired) electrons. The van der Waals surface area contributed by atoms with Crippen LogP contribution < -0.4 is 9.84 Å². The monoisotopic (exact) mass is 446 g/mol. The van der Waals surface area contributed by atoms with E-state index in [1.54, 1.807) is 24.2 Å². The Balaban J connectivity index is 0.000000220. The van der Waals surface area contributed by atoms with E-state index in [1.807, 2.05) is 30.3 Å². The second kappa shape index (κ2) is 10.5. The third-order valence-electron chi connectivity index (χ3n) is 3.63. The molecule has 1 heterocycles. The minimum absolute atomic E-state index is 0.384. The smallest absolute Gasteiger partial charge is 0.283 e. The predicted molar refractivity (Wildman–Crippen MR) is 106 cm³/mol. The van der Waals surface area contributed by atoms with Gasteiger partial charge in [0.15, 0.2) is 0 Å². The number of non-ortho nitro benzene ring substituents is 1. The van der Waals surface area contributed by atoms with Gasteiger partial charge >= 0.3 is 0 Å². The molecule has 13 heteroatoms. The Bertz CT molecular complexity index is 1080. The molecule has 0 bridgehead atoms. The van der Waals surface area contributed by atoms with Crippen LogP contribution in [0.4, 0.5) is 17.1 Å². The van der Waals surface area contributed by atoms with Crippen LogP contribution in [-0.4, -0.2) is 20.0 Å². The maximum Gasteiger partial charge on any atom is 0.283 e. The molecule has 0 fully saturated rings. The van der Waals surface area contributed by atoms with Gasteiger partial charge in [0, 0.05) is 27.0 Å². The van der Waals surface area contributed by atoms with Crippen LogP contribution in [0.2, 0.25) is 0 Å². The van der Waals surface area contributed by atoms with Crippen molar-refractivity contribution in [3.05, 3.63) is 103 Å². The van der Waals surface area contributed by atoms with Crippen molar-refractivity contribution in [3.8, 4) is 5.75 Å². The van der Waals surface area contributed by atoms with E-state index in [1.165, 1.54) is 4.90 Å². The van der Waals surface area contributed by atoms with Gasteiger partial charge < -0.3 is 5.11 Å². The molecule has 0 spiro atoms. The van der Waals surface area contributed by atoms with Crippen LogP contribution in [-0.2, 0) is 5.75 Å². The molecule has 0 atom stereocenters. The highest BCUT2D eigenvalue weighted by molar-refractivity contribution is 7.98. The van der Waals surface area contributed by atoms with Crippen molar-refractivity contribution < 1.29 is 29.8 Å². The lowest BCUT2D eigenvalue weighted by molar-refractivity contribution is -0.905. The van der Waals surface area contributed by atoms with Gasteiger partial charge in [0.1, 0.15) is 0 Å². The number of hydrogen-bond donors (Lipinski definition) is 1. The number of nitro groups is 3. The standard InChI is InChI=1S/C12H12NOS.C6H3N3O7/c14-13-8-4-5-11(9-13)10-15-12-6-2-1-3-7-12;10-6-4(8(13)14)1-3(7(11)12)2-5(6)9(15)16/h1-9,14H,10H2;1-2,10H/q+1;/p-1. The first-order valence-electron chi connectivity index (χ1n) is 8.34. The Kier molecular flexibility index (Phi) is 7.80. The molecule has 3 rings (SSSR count). The van der Waals surface area contributed by atoms with Gasteiger partial charge in [-0.25, -0.2) is 0 Å². The molecule has 12 nitrogen and oxygen atoms in total. The van der Waals surface area contributed by atoms with Crippen LogP contribution in [0.3, 0.4) is 0 Å². The minimum atomic E-state index is -1.46. The highest BCUT2D eigenvalue weighted by Crippen LogP contribution is 2.36. The maximum absolute atomic E-state index is 11.1. The Hall–Kier alpha value is -4.26. The molecule has 0 aliphatic carbocycles. The van der Waals surface area contributed by atoms with Crippen molar-refractivity contribution >= 4 is 28.8 Å². The predicted octanol–water partition coefficient (Wildman–Crippen LogP) is 2.99. The van der Waals surface area contributed by atoms with Crippen LogP contribution in [0.25, 0.3) is 0 Å². The summed E-state index contributed by atoms with van der Waals surface area (Å²) in [5, 5.41) is 51.3. The number of thioether (sulfide) groups is 1. The highest BCUT2D eigenvalue weighted by atomic mass is 32.2. The summed E-state index contributed by atoms with van der Waals surface area (Å²) < 4.78 is 1.08. The van der Waals surface area contributed by atoms with E-state index in [0.717, 1.165) is 16.0 Å². The van der Waals surface area contributed by atoms with E-state index in [4.69, 9.17) is 0 Å². The summed E-state index contributed by atoms with van der Waals surface area (Å²) in [6.45, 7) is 0. The lowest BCUT2D eigenvalue weighted by Gasteiger charge is -2.06. The van der Waals surface area contributed by atoms with Crippen molar-refractivity contribution in [2.75, 3.05) is 0 Å². The number of nitro benzene ring substituents is 3. The molecule has 0 aliphatic rings. The van der Waals surface area contributed by atoms with E-state index in [9.17, 15) is 40.7 Å². The van der Waals surface area contributed by atoms with Gasteiger partial charge in [-0.15, -0.1) is 11.8 Å². The summed E-state index contributed by atoms with van der Waals surface area (Å²) in [6.07, 6.45) is 3.33. The third kappa shape index (κ3) is 6.64. The van der Waals surface area contributed by atoms with Gasteiger partial charge in [0.05, 0.1) is 32.7 Å². The summed E-state index contributed by atoms with van der Waals surface area (Å²) in [6, 6.07) is 14.8. The normalized spacial score (nSPS) is 9.94. The van der Waals surface area contributed by atoms with Gasteiger partial charge in [-0.2, -0.15) is 0 Å². The summed E-state index contributed by atoms with van der Waals surface area (Å²) in [5.41, 5.74) is -2.16. The molecular formula is C18H14N4O8S. The molecule has 2 aromatic carbocycles. The zero-order valence-corrected chi connectivity index (χ0v) is 16.4. The first kappa shape index (κ1) is 23.0. The quantitative estimate of drug-likeness (QED) is 0.196. The number of rotatable bonds is 6. The number of hydrogen-bond acceptors (Lipinski definition) is 9. The lowest BCUT2D eigenvalue weighted by atomic mass is 10.2. The summed E-state index contributed by atoms with van der Waals surface area (Å²) in [4.78, 5) is 28.8. The molecule has 0 saturated heterocycles. The topological polar surface area (TPSA) is 177 Å². The van der Waals surface area contributed by atoms with Crippen LogP contribution in [0.1, 0.15) is 5.56 Å². The second-order valence-electron chi connectivity index (χ2n) is 5.78. The molecule has 0 amide bonds. The molecule has 3 aromatic rings. The van der Waals surface area contributed by atoms with Crippen molar-refractivity contribution in [3.63, 3.8) is 0 Å². The average Bonchev–Trinajstić information content (AvgIpc) is 2.73. The summed E-state index contributed by atoms with van der Waals surface area (Å²) >= 11 is 1.76. The fraction of sp³-hybridized carbons (Fsp3) is 0.0556. The van der Waals surface area contributed by atoms with E-state index in [2.05, 4.69) is 12.1 Å². The van der Waals surface area contributed by atoms with Gasteiger partial charge in [-0.1, -0.05) is 18.2 Å². The summed E-state index contributed by atoms with van der Waals surface area (Å²) in [5.74, 6) is -0.591. The molecule has 0 aliphatic heterocycles. The van der Waals surface area contributed by atoms with Gasteiger partial charge in [-0.05, 0) is 18.2 Å². The van der Waals surface area contributed by atoms with Gasteiger partial charge in [-0.3, -0.25) is 35.6 Å².